The second-order valence-corrected chi connectivity index (χ2v) is 12.9. The summed E-state index contributed by atoms with van der Waals surface area (Å²) in [5, 5.41) is 3.26. The summed E-state index contributed by atoms with van der Waals surface area (Å²) in [7, 11) is -2.71. The van der Waals surface area contributed by atoms with Gasteiger partial charge in [-0.25, -0.2) is 8.42 Å². The molecule has 3 aromatic rings. The highest BCUT2D eigenvalue weighted by Gasteiger charge is 2.34. The second-order valence-electron chi connectivity index (χ2n) is 10.2. The molecule has 0 fully saturated rings. The van der Waals surface area contributed by atoms with Crippen LogP contribution in [0.1, 0.15) is 33.3 Å². The fraction of sp³-hybridized carbons (Fsp3) is 0.310. The highest BCUT2D eigenvalue weighted by molar-refractivity contribution is 7.92. The maximum atomic E-state index is 14.0. The molecule has 0 aromatic heterocycles. The monoisotopic (exact) mass is 605 g/mol. The standard InChI is InChI=1S/C29H33Cl2N3O5S/c1-20(28(36)32-29(2,3)4)33(18-21-10-9-11-23(16-21)39-5)27(35)19-34(26-15-14-22(30)17-25(26)31)40(37,38)24-12-7-6-8-13-24/h6-17,20H,18-19H2,1-5H3,(H,32,36). The molecular formula is C29H33Cl2N3O5S. The first kappa shape index (κ1) is 31.3. The molecule has 3 rings (SSSR count). The number of carbonyl (C=O) groups is 2. The van der Waals surface area contributed by atoms with Gasteiger partial charge in [0.2, 0.25) is 11.8 Å². The van der Waals surface area contributed by atoms with Crippen molar-refractivity contribution in [2.75, 3.05) is 18.0 Å². The average Bonchev–Trinajstić information content (AvgIpc) is 2.90. The lowest BCUT2D eigenvalue weighted by Gasteiger charge is -2.33. The molecule has 1 atom stereocenters. The zero-order valence-corrected chi connectivity index (χ0v) is 25.3. The lowest BCUT2D eigenvalue weighted by molar-refractivity contribution is -0.140. The van der Waals surface area contributed by atoms with Crippen LogP contribution in [-0.2, 0) is 26.2 Å². The minimum atomic E-state index is -4.24. The Morgan fingerprint density at radius 2 is 1.65 bits per heavy atom. The number of carbonyl (C=O) groups excluding carboxylic acids is 2. The van der Waals surface area contributed by atoms with Crippen molar-refractivity contribution in [2.24, 2.45) is 0 Å². The molecule has 0 aliphatic rings. The largest absolute Gasteiger partial charge is 0.497 e. The van der Waals surface area contributed by atoms with Crippen molar-refractivity contribution < 1.29 is 22.7 Å². The van der Waals surface area contributed by atoms with Crippen LogP contribution in [0.4, 0.5) is 5.69 Å². The van der Waals surface area contributed by atoms with Gasteiger partial charge in [-0.05, 0) is 75.7 Å². The van der Waals surface area contributed by atoms with Crippen molar-refractivity contribution >= 4 is 50.7 Å². The quantitative estimate of drug-likeness (QED) is 0.328. The lowest BCUT2D eigenvalue weighted by atomic mass is 10.1. The third-order valence-corrected chi connectivity index (χ3v) is 8.25. The fourth-order valence-corrected chi connectivity index (χ4v) is 5.96. The first-order chi connectivity index (χ1) is 18.7. The molecule has 0 aliphatic carbocycles. The zero-order valence-electron chi connectivity index (χ0n) is 23.0. The van der Waals surface area contributed by atoms with E-state index in [0.717, 1.165) is 4.31 Å². The van der Waals surface area contributed by atoms with E-state index in [0.29, 0.717) is 16.3 Å². The van der Waals surface area contributed by atoms with Crippen LogP contribution in [0.15, 0.2) is 77.7 Å². The van der Waals surface area contributed by atoms with Gasteiger partial charge >= 0.3 is 0 Å². The molecule has 0 radical (unpaired) electrons. The molecule has 0 saturated heterocycles. The van der Waals surface area contributed by atoms with Gasteiger partial charge in [0.25, 0.3) is 10.0 Å². The van der Waals surface area contributed by atoms with E-state index in [1.165, 1.54) is 42.3 Å². The van der Waals surface area contributed by atoms with Gasteiger partial charge in [0.1, 0.15) is 18.3 Å². The summed E-state index contributed by atoms with van der Waals surface area (Å²) < 4.78 is 33.9. The van der Waals surface area contributed by atoms with E-state index >= 15 is 0 Å². The van der Waals surface area contributed by atoms with E-state index in [9.17, 15) is 18.0 Å². The molecule has 3 aromatic carbocycles. The summed E-state index contributed by atoms with van der Waals surface area (Å²) in [6, 6.07) is 18.2. The highest BCUT2D eigenvalue weighted by atomic mass is 35.5. The summed E-state index contributed by atoms with van der Waals surface area (Å²) in [5.74, 6) is -0.409. The third kappa shape index (κ3) is 7.90. The molecule has 2 amide bonds. The Hall–Kier alpha value is -3.27. The smallest absolute Gasteiger partial charge is 0.264 e. The Morgan fingerprint density at radius 3 is 2.25 bits per heavy atom. The number of nitrogens with zero attached hydrogens (tertiary/aromatic N) is 2. The average molecular weight is 607 g/mol. The van der Waals surface area contributed by atoms with Gasteiger partial charge in [-0.3, -0.25) is 13.9 Å². The Balaban J connectivity index is 2.07. The minimum Gasteiger partial charge on any atom is -0.497 e. The normalized spacial score (nSPS) is 12.4. The van der Waals surface area contributed by atoms with Gasteiger partial charge in [0, 0.05) is 17.1 Å². The molecule has 0 saturated carbocycles. The predicted octanol–water partition coefficient (Wildman–Crippen LogP) is 5.53. The molecule has 1 unspecified atom stereocenters. The van der Waals surface area contributed by atoms with Crippen molar-refractivity contribution in [3.05, 3.63) is 88.4 Å². The number of hydrogen-bond donors (Lipinski definition) is 1. The molecule has 0 aliphatic heterocycles. The van der Waals surface area contributed by atoms with Crippen molar-refractivity contribution in [1.82, 2.24) is 10.2 Å². The van der Waals surface area contributed by atoms with Crippen molar-refractivity contribution in [2.45, 2.75) is 50.7 Å². The first-order valence-corrected chi connectivity index (χ1v) is 14.7. The number of nitrogens with one attached hydrogen (secondary N) is 1. The van der Waals surface area contributed by atoms with E-state index in [-0.39, 0.29) is 28.1 Å². The van der Waals surface area contributed by atoms with Gasteiger partial charge in [0.05, 0.1) is 22.7 Å². The molecule has 0 spiro atoms. The molecule has 8 nitrogen and oxygen atoms in total. The number of hydrogen-bond acceptors (Lipinski definition) is 5. The number of sulfonamides is 1. The number of rotatable bonds is 10. The lowest BCUT2D eigenvalue weighted by Crippen LogP contribution is -2.54. The third-order valence-electron chi connectivity index (χ3n) is 5.94. The number of methoxy groups -OCH3 is 1. The minimum absolute atomic E-state index is 0.0216. The van der Waals surface area contributed by atoms with E-state index < -0.39 is 34.1 Å². The van der Waals surface area contributed by atoms with Gasteiger partial charge in [0.15, 0.2) is 0 Å². The van der Waals surface area contributed by atoms with Crippen molar-refractivity contribution in [1.29, 1.82) is 0 Å². The van der Waals surface area contributed by atoms with Gasteiger partial charge in [-0.15, -0.1) is 0 Å². The van der Waals surface area contributed by atoms with Crippen LogP contribution >= 0.6 is 23.2 Å². The predicted molar refractivity (Wildman–Crippen MR) is 158 cm³/mol. The van der Waals surface area contributed by atoms with Crippen molar-refractivity contribution in [3.8, 4) is 5.75 Å². The number of halogens is 2. The summed E-state index contributed by atoms with van der Waals surface area (Å²) in [6.45, 7) is 6.52. The van der Waals surface area contributed by atoms with Crippen LogP contribution in [0.3, 0.4) is 0 Å². The number of amides is 2. The number of anilines is 1. The first-order valence-electron chi connectivity index (χ1n) is 12.5. The maximum absolute atomic E-state index is 14.0. The van der Waals surface area contributed by atoms with Crippen LogP contribution in [-0.4, -0.2) is 50.4 Å². The maximum Gasteiger partial charge on any atom is 0.264 e. The molecule has 11 heteroatoms. The van der Waals surface area contributed by atoms with Crippen LogP contribution < -0.4 is 14.4 Å². The summed E-state index contributed by atoms with van der Waals surface area (Å²) in [6.07, 6.45) is 0. The summed E-state index contributed by atoms with van der Waals surface area (Å²) in [4.78, 5) is 28.5. The van der Waals surface area contributed by atoms with Gasteiger partial charge < -0.3 is 15.0 Å². The Kier molecular flexibility index (Phi) is 10.1. The summed E-state index contributed by atoms with van der Waals surface area (Å²) >= 11 is 12.5. The number of ether oxygens (including phenoxy) is 1. The van der Waals surface area contributed by atoms with Crippen molar-refractivity contribution in [3.63, 3.8) is 0 Å². The second kappa shape index (κ2) is 12.9. The molecule has 40 heavy (non-hydrogen) atoms. The Labute approximate surface area is 245 Å². The highest BCUT2D eigenvalue weighted by Crippen LogP contribution is 2.33. The molecule has 0 bridgehead atoms. The fourth-order valence-electron chi connectivity index (χ4n) is 3.94. The Bertz CT molecular complexity index is 1460. The van der Waals surface area contributed by atoms with Crippen LogP contribution in [0.25, 0.3) is 0 Å². The van der Waals surface area contributed by atoms with E-state index in [1.54, 1.807) is 49.4 Å². The van der Waals surface area contributed by atoms with Crippen LogP contribution in [0, 0.1) is 0 Å². The van der Waals surface area contributed by atoms with E-state index in [1.807, 2.05) is 20.8 Å². The van der Waals surface area contributed by atoms with E-state index in [2.05, 4.69) is 5.32 Å². The van der Waals surface area contributed by atoms with E-state index in [4.69, 9.17) is 27.9 Å². The van der Waals surface area contributed by atoms with Gasteiger partial charge in [-0.1, -0.05) is 53.5 Å². The Morgan fingerprint density at radius 1 is 0.975 bits per heavy atom. The van der Waals surface area contributed by atoms with Crippen LogP contribution in [0.2, 0.25) is 10.0 Å². The van der Waals surface area contributed by atoms with Crippen LogP contribution in [0.5, 0.6) is 5.75 Å². The topological polar surface area (TPSA) is 96.0 Å². The summed E-state index contributed by atoms with van der Waals surface area (Å²) in [5.41, 5.74) is 0.233. The molecule has 1 N–H and O–H groups in total. The molecular weight excluding hydrogens is 573 g/mol. The van der Waals surface area contributed by atoms with Gasteiger partial charge in [-0.2, -0.15) is 0 Å². The SMILES string of the molecule is COc1cccc(CN(C(=O)CN(c2ccc(Cl)cc2Cl)S(=O)(=O)c2ccccc2)C(C)C(=O)NC(C)(C)C)c1. The molecule has 0 heterocycles. The molecule has 214 valence electrons. The number of benzene rings is 3. The zero-order chi connectivity index (χ0) is 29.7.